The summed E-state index contributed by atoms with van der Waals surface area (Å²) in [4.78, 5) is 24.3. The molecule has 1 atom stereocenters. The molecule has 0 saturated carbocycles. The average Bonchev–Trinajstić information content (AvgIpc) is 2.12. The van der Waals surface area contributed by atoms with E-state index in [1.165, 1.54) is 0 Å². The number of carboxylic acids is 1. The van der Waals surface area contributed by atoms with Crippen molar-refractivity contribution in [3.8, 4) is 0 Å². The summed E-state index contributed by atoms with van der Waals surface area (Å²) in [6.45, 7) is 7.71. The number of nitrogens with zero attached hydrogens (tertiary/aromatic N) is 1. The molecule has 0 heterocycles. The maximum atomic E-state index is 11.6. The zero-order chi connectivity index (χ0) is 12.9. The van der Waals surface area contributed by atoms with Crippen LogP contribution in [0.25, 0.3) is 0 Å². The average molecular weight is 230 g/mol. The molecular weight excluding hydrogens is 208 g/mol. The van der Waals surface area contributed by atoms with Gasteiger partial charge in [-0.25, -0.2) is 4.79 Å². The van der Waals surface area contributed by atoms with Gasteiger partial charge in [0.15, 0.2) is 0 Å². The highest BCUT2D eigenvalue weighted by atomic mass is 16.4. The van der Waals surface area contributed by atoms with Gasteiger partial charge in [0.05, 0.1) is 6.54 Å². The number of carboxylic acid groups (broad SMARTS) is 1. The molecule has 0 aliphatic carbocycles. The quantitative estimate of drug-likeness (QED) is 0.699. The Balaban J connectivity index is 4.26. The van der Waals surface area contributed by atoms with Gasteiger partial charge in [0.1, 0.15) is 6.04 Å². The first-order valence-electron chi connectivity index (χ1n) is 5.48. The molecule has 0 unspecified atom stereocenters. The lowest BCUT2D eigenvalue weighted by molar-refractivity contribution is -0.143. The highest BCUT2D eigenvalue weighted by molar-refractivity contribution is 5.84. The summed E-state index contributed by atoms with van der Waals surface area (Å²) in [5.74, 6) is -1.36. The fourth-order valence-electron chi connectivity index (χ4n) is 1.14. The molecule has 0 radical (unpaired) electrons. The molecule has 0 aliphatic heterocycles. The number of hydrogen-bond donors (Lipinski definition) is 2. The van der Waals surface area contributed by atoms with Crippen molar-refractivity contribution in [1.82, 2.24) is 10.2 Å². The summed E-state index contributed by atoms with van der Waals surface area (Å²) in [7, 11) is 1.83. The minimum Gasteiger partial charge on any atom is -0.480 e. The van der Waals surface area contributed by atoms with E-state index in [9.17, 15) is 9.59 Å². The smallest absolute Gasteiger partial charge is 0.326 e. The first-order chi connectivity index (χ1) is 7.25. The summed E-state index contributed by atoms with van der Waals surface area (Å²) in [5.41, 5.74) is 0. The lowest BCUT2D eigenvalue weighted by Crippen LogP contribution is -2.48. The molecule has 94 valence electrons. The number of aliphatic carboxylic acids is 1. The van der Waals surface area contributed by atoms with E-state index in [0.717, 1.165) is 0 Å². The summed E-state index contributed by atoms with van der Waals surface area (Å²) < 4.78 is 0. The maximum Gasteiger partial charge on any atom is 0.326 e. The third-order valence-electron chi connectivity index (χ3n) is 2.52. The van der Waals surface area contributed by atoms with Crippen LogP contribution in [-0.2, 0) is 9.59 Å². The molecule has 2 N–H and O–H groups in total. The SMILES string of the molecule is CC(C)[C@H](NC(=O)CN(C)C(C)C)C(=O)O. The molecule has 0 bridgehead atoms. The zero-order valence-corrected chi connectivity index (χ0v) is 10.7. The lowest BCUT2D eigenvalue weighted by atomic mass is 10.0. The molecule has 0 aromatic carbocycles. The van der Waals surface area contributed by atoms with Crippen molar-refractivity contribution in [1.29, 1.82) is 0 Å². The van der Waals surface area contributed by atoms with Gasteiger partial charge in [-0.15, -0.1) is 0 Å². The van der Waals surface area contributed by atoms with Crippen LogP contribution in [0.15, 0.2) is 0 Å². The van der Waals surface area contributed by atoms with Gasteiger partial charge in [0.25, 0.3) is 0 Å². The molecule has 0 saturated heterocycles. The van der Waals surface area contributed by atoms with E-state index in [4.69, 9.17) is 5.11 Å². The Morgan fingerprint density at radius 2 is 1.75 bits per heavy atom. The van der Waals surface area contributed by atoms with Gasteiger partial charge in [-0.05, 0) is 26.8 Å². The van der Waals surface area contributed by atoms with Gasteiger partial charge in [-0.2, -0.15) is 0 Å². The highest BCUT2D eigenvalue weighted by Crippen LogP contribution is 2.02. The summed E-state index contributed by atoms with van der Waals surface area (Å²) in [6, 6.07) is -0.554. The predicted octanol–water partition coefficient (Wildman–Crippen LogP) is 0.552. The van der Waals surface area contributed by atoms with E-state index in [1.54, 1.807) is 13.8 Å². The topological polar surface area (TPSA) is 69.6 Å². The third kappa shape index (κ3) is 5.11. The second kappa shape index (κ2) is 6.48. The summed E-state index contributed by atoms with van der Waals surface area (Å²) in [6.07, 6.45) is 0. The Labute approximate surface area is 96.8 Å². The van der Waals surface area contributed by atoms with Crippen LogP contribution in [-0.4, -0.2) is 47.6 Å². The fourth-order valence-corrected chi connectivity index (χ4v) is 1.14. The van der Waals surface area contributed by atoms with Crippen LogP contribution in [0.2, 0.25) is 0 Å². The molecule has 16 heavy (non-hydrogen) atoms. The highest BCUT2D eigenvalue weighted by Gasteiger charge is 2.23. The predicted molar refractivity (Wildman–Crippen MR) is 62.2 cm³/mol. The summed E-state index contributed by atoms with van der Waals surface area (Å²) >= 11 is 0. The van der Waals surface area contributed by atoms with Gasteiger partial charge in [0, 0.05) is 6.04 Å². The molecule has 0 aliphatic rings. The maximum absolute atomic E-state index is 11.6. The van der Waals surface area contributed by atoms with E-state index >= 15 is 0 Å². The van der Waals surface area contributed by atoms with Gasteiger partial charge >= 0.3 is 5.97 Å². The van der Waals surface area contributed by atoms with E-state index in [0.29, 0.717) is 0 Å². The lowest BCUT2D eigenvalue weighted by Gasteiger charge is -2.23. The van der Waals surface area contributed by atoms with Crippen molar-refractivity contribution in [3.05, 3.63) is 0 Å². The number of carbonyl (C=O) groups excluding carboxylic acids is 1. The molecule has 0 spiro atoms. The van der Waals surface area contributed by atoms with Gasteiger partial charge < -0.3 is 10.4 Å². The third-order valence-corrected chi connectivity index (χ3v) is 2.52. The van der Waals surface area contributed by atoms with Crippen LogP contribution < -0.4 is 5.32 Å². The number of hydrogen-bond acceptors (Lipinski definition) is 3. The minimum atomic E-state index is -0.990. The van der Waals surface area contributed by atoms with Crippen LogP contribution in [0, 0.1) is 5.92 Å². The molecular formula is C11H22N2O3. The second-order valence-electron chi connectivity index (χ2n) is 4.64. The van der Waals surface area contributed by atoms with Crippen molar-refractivity contribution in [2.24, 2.45) is 5.92 Å². The Hall–Kier alpha value is -1.10. The second-order valence-corrected chi connectivity index (χ2v) is 4.64. The van der Waals surface area contributed by atoms with E-state index in [2.05, 4.69) is 5.32 Å². The minimum absolute atomic E-state index is 0.120. The molecule has 0 aromatic heterocycles. The van der Waals surface area contributed by atoms with E-state index < -0.39 is 12.0 Å². The number of amides is 1. The van der Waals surface area contributed by atoms with Crippen molar-refractivity contribution < 1.29 is 14.7 Å². The Morgan fingerprint density at radius 1 is 1.25 bits per heavy atom. The Kier molecular flexibility index (Phi) is 6.03. The number of carbonyl (C=O) groups is 2. The molecule has 5 nitrogen and oxygen atoms in total. The monoisotopic (exact) mass is 230 g/mol. The number of likely N-dealkylation sites (N-methyl/N-ethyl adjacent to an activating group) is 1. The van der Waals surface area contributed by atoms with Gasteiger partial charge in [-0.1, -0.05) is 13.8 Å². The van der Waals surface area contributed by atoms with Gasteiger partial charge in [-0.3, -0.25) is 9.69 Å². The van der Waals surface area contributed by atoms with Crippen LogP contribution in [0.4, 0.5) is 0 Å². The Morgan fingerprint density at radius 3 is 2.06 bits per heavy atom. The van der Waals surface area contributed by atoms with E-state index in [1.807, 2.05) is 25.8 Å². The fraction of sp³-hybridized carbons (Fsp3) is 0.818. The molecule has 1 amide bonds. The van der Waals surface area contributed by atoms with Crippen molar-refractivity contribution >= 4 is 11.9 Å². The molecule has 0 aromatic rings. The van der Waals surface area contributed by atoms with Crippen LogP contribution in [0.3, 0.4) is 0 Å². The zero-order valence-electron chi connectivity index (χ0n) is 10.7. The standard InChI is InChI=1S/C11H22N2O3/c1-7(2)10(11(15)16)12-9(14)6-13(5)8(3)4/h7-8,10H,6H2,1-5H3,(H,12,14)(H,15,16)/t10-/m0/s1. The van der Waals surface area contributed by atoms with E-state index in [-0.39, 0.29) is 24.4 Å². The molecule has 5 heteroatoms. The van der Waals surface area contributed by atoms with Crippen LogP contribution in [0.1, 0.15) is 27.7 Å². The first-order valence-corrected chi connectivity index (χ1v) is 5.48. The largest absolute Gasteiger partial charge is 0.480 e. The van der Waals surface area contributed by atoms with Crippen LogP contribution >= 0.6 is 0 Å². The number of rotatable bonds is 6. The van der Waals surface area contributed by atoms with Crippen molar-refractivity contribution in [3.63, 3.8) is 0 Å². The van der Waals surface area contributed by atoms with Crippen LogP contribution in [0.5, 0.6) is 0 Å². The van der Waals surface area contributed by atoms with Gasteiger partial charge in [0.2, 0.25) is 5.91 Å². The Bertz CT molecular complexity index is 252. The normalized spacial score (nSPS) is 13.2. The van der Waals surface area contributed by atoms with Crippen molar-refractivity contribution in [2.45, 2.75) is 39.8 Å². The number of nitrogens with one attached hydrogen (secondary N) is 1. The van der Waals surface area contributed by atoms with Crippen molar-refractivity contribution in [2.75, 3.05) is 13.6 Å². The molecule has 0 rings (SSSR count). The first kappa shape index (κ1) is 14.9. The summed E-state index contributed by atoms with van der Waals surface area (Å²) in [5, 5.41) is 11.4. The molecule has 0 fully saturated rings.